The van der Waals surface area contributed by atoms with Crippen LogP contribution in [0.15, 0.2) is 65.5 Å². The number of allylic oxidation sites excluding steroid dienone is 1. The van der Waals surface area contributed by atoms with Gasteiger partial charge in [0.25, 0.3) is 0 Å². The highest BCUT2D eigenvalue weighted by Gasteiger charge is 2.40. The van der Waals surface area contributed by atoms with Gasteiger partial charge in [0.15, 0.2) is 5.50 Å². The third-order valence-corrected chi connectivity index (χ3v) is 6.72. The van der Waals surface area contributed by atoms with Gasteiger partial charge < -0.3 is 5.32 Å². The van der Waals surface area contributed by atoms with E-state index in [1.54, 1.807) is 13.1 Å². The van der Waals surface area contributed by atoms with Crippen molar-refractivity contribution >= 4 is 28.2 Å². The normalized spacial score (nSPS) is 17.2. The first kappa shape index (κ1) is 20.4. The highest BCUT2D eigenvalue weighted by atomic mass is 32.2. The lowest BCUT2D eigenvalue weighted by atomic mass is 10.2. The monoisotopic (exact) mass is 418 g/mol. The third-order valence-electron chi connectivity index (χ3n) is 4.22. The molecule has 0 spiro atoms. The van der Waals surface area contributed by atoms with Gasteiger partial charge in [0.1, 0.15) is 5.82 Å². The number of benzene rings is 1. The maximum absolute atomic E-state index is 12.6. The van der Waals surface area contributed by atoms with Crippen LogP contribution >= 0.6 is 11.8 Å². The summed E-state index contributed by atoms with van der Waals surface area (Å²) in [5.41, 5.74) is 1.36. The van der Waals surface area contributed by atoms with Crippen molar-refractivity contribution in [2.45, 2.75) is 25.5 Å². The van der Waals surface area contributed by atoms with E-state index in [1.807, 2.05) is 53.4 Å². The zero-order valence-electron chi connectivity index (χ0n) is 15.6. The predicted octanol–water partition coefficient (Wildman–Crippen LogP) is 2.31. The highest BCUT2D eigenvalue weighted by molar-refractivity contribution is 8.04. The van der Waals surface area contributed by atoms with Crippen LogP contribution < -0.4 is 5.32 Å². The van der Waals surface area contributed by atoms with E-state index >= 15 is 0 Å². The van der Waals surface area contributed by atoms with Crippen LogP contribution in [0.1, 0.15) is 18.2 Å². The molecular formula is C19H22N4O3S2. The number of amides is 1. The van der Waals surface area contributed by atoms with Crippen LogP contribution in [0.25, 0.3) is 0 Å². The molecule has 1 aromatic heterocycles. The Balaban J connectivity index is 1.97. The first-order chi connectivity index (χ1) is 13.4. The van der Waals surface area contributed by atoms with E-state index in [2.05, 4.69) is 10.3 Å². The van der Waals surface area contributed by atoms with E-state index in [0.717, 1.165) is 22.4 Å². The van der Waals surface area contributed by atoms with Crippen molar-refractivity contribution in [1.82, 2.24) is 19.5 Å². The van der Waals surface area contributed by atoms with E-state index in [9.17, 15) is 13.2 Å². The molecule has 1 aliphatic heterocycles. The van der Waals surface area contributed by atoms with Crippen LogP contribution in [0, 0.1) is 0 Å². The second-order valence-corrected chi connectivity index (χ2v) is 9.51. The fourth-order valence-corrected chi connectivity index (χ4v) is 5.75. The van der Waals surface area contributed by atoms with Crippen LogP contribution in [0.3, 0.4) is 0 Å². The SMILES string of the molecule is CC1=C(NC=O)N(S(C)(=O)=O)C(N(Cc2ccccc2)Cc2ccccn2)S1. The molecule has 2 heterocycles. The summed E-state index contributed by atoms with van der Waals surface area (Å²) in [5.74, 6) is 0.298. The predicted molar refractivity (Wildman–Crippen MR) is 110 cm³/mol. The van der Waals surface area contributed by atoms with Crippen LogP contribution in [0.5, 0.6) is 0 Å². The zero-order chi connectivity index (χ0) is 20.1. The summed E-state index contributed by atoms with van der Waals surface area (Å²) in [6.45, 7) is 2.79. The second kappa shape index (κ2) is 8.76. The van der Waals surface area contributed by atoms with Crippen LogP contribution in [0.2, 0.25) is 0 Å². The summed E-state index contributed by atoms with van der Waals surface area (Å²) in [4.78, 5) is 18.2. The van der Waals surface area contributed by atoms with E-state index in [1.165, 1.54) is 16.1 Å². The molecule has 3 rings (SSSR count). The molecule has 0 bridgehead atoms. The molecule has 0 fully saturated rings. The maximum Gasteiger partial charge on any atom is 0.235 e. The van der Waals surface area contributed by atoms with Crippen molar-refractivity contribution < 1.29 is 13.2 Å². The van der Waals surface area contributed by atoms with Crippen molar-refractivity contribution in [2.24, 2.45) is 0 Å². The number of carbonyl (C=O) groups is 1. The number of nitrogens with one attached hydrogen (secondary N) is 1. The molecule has 2 aromatic rings. The number of rotatable bonds is 8. The van der Waals surface area contributed by atoms with Crippen molar-refractivity contribution in [2.75, 3.05) is 6.26 Å². The molecule has 1 unspecified atom stereocenters. The highest BCUT2D eigenvalue weighted by Crippen LogP contribution is 2.40. The van der Waals surface area contributed by atoms with Gasteiger partial charge in [-0.15, -0.1) is 0 Å². The Hall–Kier alpha value is -2.36. The van der Waals surface area contributed by atoms with Crippen molar-refractivity contribution in [3.8, 4) is 0 Å². The summed E-state index contributed by atoms with van der Waals surface area (Å²) in [6, 6.07) is 15.5. The molecule has 1 amide bonds. The second-order valence-electron chi connectivity index (χ2n) is 6.38. The summed E-state index contributed by atoms with van der Waals surface area (Å²) in [6.07, 6.45) is 3.36. The molecular weight excluding hydrogens is 396 g/mol. The van der Waals surface area contributed by atoms with E-state index in [-0.39, 0.29) is 0 Å². The van der Waals surface area contributed by atoms with Gasteiger partial charge in [0.2, 0.25) is 16.4 Å². The quantitative estimate of drug-likeness (QED) is 0.663. The summed E-state index contributed by atoms with van der Waals surface area (Å²) in [7, 11) is -3.61. The summed E-state index contributed by atoms with van der Waals surface area (Å²) in [5, 5.41) is 2.55. The van der Waals surface area contributed by atoms with E-state index in [0.29, 0.717) is 25.3 Å². The van der Waals surface area contributed by atoms with Gasteiger partial charge in [-0.05, 0) is 24.6 Å². The Kier molecular flexibility index (Phi) is 6.38. The van der Waals surface area contributed by atoms with Gasteiger partial charge >= 0.3 is 0 Å². The smallest absolute Gasteiger partial charge is 0.235 e. The molecule has 28 heavy (non-hydrogen) atoms. The molecule has 9 heteroatoms. The standard InChI is InChI=1S/C19H22N4O3S2/c1-15-18(21-14-24)23(28(2,25)26)19(27-15)22(12-16-8-4-3-5-9-16)13-17-10-6-7-11-20-17/h3-11,14,19H,12-13H2,1-2H3,(H,21,24). The van der Waals surface area contributed by atoms with Gasteiger partial charge in [-0.1, -0.05) is 48.2 Å². The van der Waals surface area contributed by atoms with E-state index in [4.69, 9.17) is 0 Å². The molecule has 148 valence electrons. The molecule has 0 aliphatic carbocycles. The van der Waals surface area contributed by atoms with Gasteiger partial charge in [-0.25, -0.2) is 12.7 Å². The maximum atomic E-state index is 12.6. The number of pyridine rings is 1. The molecule has 1 atom stereocenters. The molecule has 0 radical (unpaired) electrons. The van der Waals surface area contributed by atoms with Gasteiger partial charge in [0, 0.05) is 24.2 Å². The summed E-state index contributed by atoms with van der Waals surface area (Å²) >= 11 is 1.40. The number of thioether (sulfide) groups is 1. The first-order valence-electron chi connectivity index (χ1n) is 8.65. The molecule has 0 saturated heterocycles. The Morgan fingerprint density at radius 1 is 1.18 bits per heavy atom. The molecule has 1 N–H and O–H groups in total. The lowest BCUT2D eigenvalue weighted by Crippen LogP contribution is -2.47. The largest absolute Gasteiger partial charge is 0.313 e. The Morgan fingerprint density at radius 3 is 2.50 bits per heavy atom. The number of carbonyl (C=O) groups excluding carboxylic acids is 1. The van der Waals surface area contributed by atoms with Crippen molar-refractivity contribution in [3.05, 3.63) is 76.7 Å². The molecule has 1 aliphatic rings. The topological polar surface area (TPSA) is 82.6 Å². The van der Waals surface area contributed by atoms with Crippen LogP contribution in [-0.2, 0) is 27.9 Å². The van der Waals surface area contributed by atoms with Crippen LogP contribution in [0.4, 0.5) is 0 Å². The number of sulfonamides is 1. The van der Waals surface area contributed by atoms with Crippen molar-refractivity contribution in [3.63, 3.8) is 0 Å². The lowest BCUT2D eigenvalue weighted by molar-refractivity contribution is -0.109. The molecule has 0 saturated carbocycles. The van der Waals surface area contributed by atoms with Gasteiger partial charge in [0.05, 0.1) is 11.9 Å². The average Bonchev–Trinajstić information content (AvgIpc) is 3.00. The minimum absolute atomic E-state index is 0.298. The Bertz CT molecular complexity index is 908. The zero-order valence-corrected chi connectivity index (χ0v) is 17.3. The Morgan fingerprint density at radius 2 is 1.89 bits per heavy atom. The van der Waals surface area contributed by atoms with Gasteiger partial charge in [-0.2, -0.15) is 0 Å². The van der Waals surface area contributed by atoms with Crippen LogP contribution in [-0.4, -0.2) is 40.8 Å². The fraction of sp³-hybridized carbons (Fsp3) is 0.263. The number of hydrogen-bond acceptors (Lipinski definition) is 6. The number of nitrogens with zero attached hydrogens (tertiary/aromatic N) is 3. The van der Waals surface area contributed by atoms with Crippen molar-refractivity contribution in [1.29, 1.82) is 0 Å². The fourth-order valence-electron chi connectivity index (χ4n) is 3.03. The third kappa shape index (κ3) is 4.73. The molecule has 7 nitrogen and oxygen atoms in total. The number of hydrogen-bond donors (Lipinski definition) is 1. The Labute approximate surface area is 169 Å². The first-order valence-corrected chi connectivity index (χ1v) is 11.4. The van der Waals surface area contributed by atoms with E-state index < -0.39 is 15.5 Å². The summed E-state index contributed by atoms with van der Waals surface area (Å²) < 4.78 is 26.4. The average molecular weight is 419 g/mol. The number of aromatic nitrogens is 1. The minimum atomic E-state index is -3.61. The minimum Gasteiger partial charge on any atom is -0.313 e. The van der Waals surface area contributed by atoms with Gasteiger partial charge in [-0.3, -0.25) is 14.7 Å². The molecule has 1 aromatic carbocycles. The lowest BCUT2D eigenvalue weighted by Gasteiger charge is -2.35.